The summed E-state index contributed by atoms with van der Waals surface area (Å²) in [5, 5.41) is 4.15. The first-order valence-corrected chi connectivity index (χ1v) is 6.52. The molecule has 92 valence electrons. The quantitative estimate of drug-likeness (QED) is 0.878. The van der Waals surface area contributed by atoms with Crippen molar-refractivity contribution in [2.45, 2.75) is 25.3 Å². The summed E-state index contributed by atoms with van der Waals surface area (Å²) in [6.45, 7) is 2.31. The van der Waals surface area contributed by atoms with Crippen LogP contribution in [0.25, 0.3) is 0 Å². The zero-order valence-corrected chi connectivity index (χ0v) is 10.4. The molecule has 0 bridgehead atoms. The Labute approximate surface area is 106 Å². The van der Waals surface area contributed by atoms with Gasteiger partial charge in [-0.1, -0.05) is 11.6 Å². The van der Waals surface area contributed by atoms with Gasteiger partial charge in [0.15, 0.2) is 11.5 Å². The largest absolute Gasteiger partial charge is 0.486 e. The number of nitrogens with one attached hydrogen (secondary N) is 1. The predicted molar refractivity (Wildman–Crippen MR) is 67.2 cm³/mol. The maximum atomic E-state index is 6.21. The molecule has 0 radical (unpaired) electrons. The van der Waals surface area contributed by atoms with Gasteiger partial charge in [0, 0.05) is 6.04 Å². The number of hydrogen-bond donors (Lipinski definition) is 1. The van der Waals surface area contributed by atoms with E-state index in [9.17, 15) is 0 Å². The van der Waals surface area contributed by atoms with Crippen molar-refractivity contribution in [2.75, 3.05) is 19.8 Å². The van der Waals surface area contributed by atoms with Gasteiger partial charge in [-0.2, -0.15) is 0 Å². The molecule has 2 heterocycles. The number of rotatable bonds is 2. The number of halogens is 1. The molecule has 1 aromatic rings. The Kier molecular flexibility index (Phi) is 3.12. The van der Waals surface area contributed by atoms with Gasteiger partial charge in [0.1, 0.15) is 13.2 Å². The van der Waals surface area contributed by atoms with Crippen molar-refractivity contribution in [3.05, 3.63) is 22.7 Å². The van der Waals surface area contributed by atoms with E-state index in [1.54, 1.807) is 0 Å². The third-order valence-electron chi connectivity index (χ3n) is 3.30. The SMILES string of the molecule is Clc1cc(CC2CCCN2)cc2c1OCCO2. The Bertz CT molecular complexity index is 416. The van der Waals surface area contributed by atoms with E-state index in [1.807, 2.05) is 6.07 Å². The van der Waals surface area contributed by atoms with Crippen LogP contribution in [0.4, 0.5) is 0 Å². The van der Waals surface area contributed by atoms with Crippen LogP contribution >= 0.6 is 11.6 Å². The summed E-state index contributed by atoms with van der Waals surface area (Å²) in [4.78, 5) is 0. The van der Waals surface area contributed by atoms with Crippen LogP contribution in [0, 0.1) is 0 Å². The first-order valence-electron chi connectivity index (χ1n) is 6.14. The highest BCUT2D eigenvalue weighted by molar-refractivity contribution is 6.32. The number of hydrogen-bond acceptors (Lipinski definition) is 3. The molecule has 17 heavy (non-hydrogen) atoms. The van der Waals surface area contributed by atoms with Crippen molar-refractivity contribution in [3.63, 3.8) is 0 Å². The molecule has 1 unspecified atom stereocenters. The minimum absolute atomic E-state index is 0.577. The Hall–Kier alpha value is -0.930. The molecule has 4 heteroatoms. The van der Waals surface area contributed by atoms with Crippen LogP contribution in [0.3, 0.4) is 0 Å². The van der Waals surface area contributed by atoms with E-state index in [0.717, 1.165) is 18.7 Å². The number of benzene rings is 1. The van der Waals surface area contributed by atoms with Gasteiger partial charge >= 0.3 is 0 Å². The fraction of sp³-hybridized carbons (Fsp3) is 0.538. The average Bonchev–Trinajstić information content (AvgIpc) is 2.82. The van der Waals surface area contributed by atoms with Crippen LogP contribution in [0.2, 0.25) is 5.02 Å². The van der Waals surface area contributed by atoms with Crippen LogP contribution in [-0.2, 0) is 6.42 Å². The molecule has 0 aliphatic carbocycles. The van der Waals surface area contributed by atoms with Gasteiger partial charge in [0.25, 0.3) is 0 Å². The highest BCUT2D eigenvalue weighted by atomic mass is 35.5. The summed E-state index contributed by atoms with van der Waals surface area (Å²) in [6.07, 6.45) is 3.52. The van der Waals surface area contributed by atoms with Crippen LogP contribution < -0.4 is 14.8 Å². The lowest BCUT2D eigenvalue weighted by Gasteiger charge is -2.21. The molecular weight excluding hydrogens is 238 g/mol. The van der Waals surface area contributed by atoms with E-state index < -0.39 is 0 Å². The summed E-state index contributed by atoms with van der Waals surface area (Å²) in [7, 11) is 0. The van der Waals surface area contributed by atoms with Gasteiger partial charge in [-0.25, -0.2) is 0 Å². The van der Waals surface area contributed by atoms with Crippen molar-refractivity contribution in [2.24, 2.45) is 0 Å². The lowest BCUT2D eigenvalue weighted by atomic mass is 10.0. The molecule has 3 rings (SSSR count). The first kappa shape index (κ1) is 11.2. The molecule has 2 aliphatic rings. The second-order valence-corrected chi connectivity index (χ2v) is 5.01. The molecule has 0 aromatic heterocycles. The monoisotopic (exact) mass is 253 g/mol. The van der Waals surface area contributed by atoms with Crippen LogP contribution in [0.1, 0.15) is 18.4 Å². The van der Waals surface area contributed by atoms with Gasteiger partial charge in [-0.15, -0.1) is 0 Å². The minimum Gasteiger partial charge on any atom is -0.486 e. The Balaban J connectivity index is 1.82. The smallest absolute Gasteiger partial charge is 0.179 e. The zero-order chi connectivity index (χ0) is 11.7. The number of fused-ring (bicyclic) bond motifs is 1. The minimum atomic E-state index is 0.577. The Morgan fingerprint density at radius 1 is 1.29 bits per heavy atom. The second kappa shape index (κ2) is 4.75. The predicted octanol–water partition coefficient (Wildman–Crippen LogP) is 2.41. The highest BCUT2D eigenvalue weighted by Crippen LogP contribution is 2.38. The van der Waals surface area contributed by atoms with Crippen molar-refractivity contribution in [1.82, 2.24) is 5.32 Å². The maximum Gasteiger partial charge on any atom is 0.179 e. The van der Waals surface area contributed by atoms with E-state index in [0.29, 0.717) is 30.0 Å². The summed E-state index contributed by atoms with van der Waals surface area (Å²) >= 11 is 6.21. The summed E-state index contributed by atoms with van der Waals surface area (Å²) in [5.41, 5.74) is 1.22. The van der Waals surface area contributed by atoms with Crippen LogP contribution in [-0.4, -0.2) is 25.8 Å². The fourth-order valence-electron chi connectivity index (χ4n) is 2.50. The molecule has 1 N–H and O–H groups in total. The van der Waals surface area contributed by atoms with Gasteiger partial charge in [-0.05, 0) is 43.5 Å². The molecule has 1 aromatic carbocycles. The third-order valence-corrected chi connectivity index (χ3v) is 3.58. The maximum absolute atomic E-state index is 6.21. The lowest BCUT2D eigenvalue weighted by molar-refractivity contribution is 0.171. The summed E-state index contributed by atoms with van der Waals surface area (Å²) in [5.74, 6) is 1.48. The van der Waals surface area contributed by atoms with Gasteiger partial charge < -0.3 is 14.8 Å². The lowest BCUT2D eigenvalue weighted by Crippen LogP contribution is -2.23. The molecule has 0 spiro atoms. The third kappa shape index (κ3) is 2.35. The summed E-state index contributed by atoms with van der Waals surface area (Å²) < 4.78 is 11.1. The highest BCUT2D eigenvalue weighted by Gasteiger charge is 2.19. The molecule has 2 aliphatic heterocycles. The molecule has 3 nitrogen and oxygen atoms in total. The normalized spacial score (nSPS) is 22.8. The molecule has 0 saturated carbocycles. The molecule has 1 fully saturated rings. The molecular formula is C13H16ClNO2. The van der Waals surface area contributed by atoms with Crippen molar-refractivity contribution < 1.29 is 9.47 Å². The van der Waals surface area contributed by atoms with E-state index >= 15 is 0 Å². The summed E-state index contributed by atoms with van der Waals surface area (Å²) in [6, 6.07) is 4.63. The fourth-order valence-corrected chi connectivity index (χ4v) is 2.79. The van der Waals surface area contributed by atoms with Gasteiger partial charge in [-0.3, -0.25) is 0 Å². The van der Waals surface area contributed by atoms with Crippen molar-refractivity contribution in [1.29, 1.82) is 0 Å². The van der Waals surface area contributed by atoms with Crippen molar-refractivity contribution in [3.8, 4) is 11.5 Å². The first-order chi connectivity index (χ1) is 8.33. The van der Waals surface area contributed by atoms with E-state index in [4.69, 9.17) is 21.1 Å². The number of ether oxygens (including phenoxy) is 2. The molecule has 1 saturated heterocycles. The Morgan fingerprint density at radius 2 is 2.18 bits per heavy atom. The average molecular weight is 254 g/mol. The van der Waals surface area contributed by atoms with Gasteiger partial charge in [0.2, 0.25) is 0 Å². The van der Waals surface area contributed by atoms with Crippen molar-refractivity contribution >= 4 is 11.6 Å². The van der Waals surface area contributed by atoms with Gasteiger partial charge in [0.05, 0.1) is 5.02 Å². The molecule has 1 atom stereocenters. The zero-order valence-electron chi connectivity index (χ0n) is 9.67. The van der Waals surface area contributed by atoms with Crippen LogP contribution in [0.5, 0.6) is 11.5 Å². The van der Waals surface area contributed by atoms with E-state index in [-0.39, 0.29) is 0 Å². The topological polar surface area (TPSA) is 30.5 Å². The van der Waals surface area contributed by atoms with Crippen LogP contribution in [0.15, 0.2) is 12.1 Å². The van der Waals surface area contributed by atoms with E-state index in [1.165, 1.54) is 18.4 Å². The standard InChI is InChI=1S/C13H16ClNO2/c14-11-7-9(6-10-2-1-3-15-10)8-12-13(11)17-5-4-16-12/h7-8,10,15H,1-6H2. The molecule has 0 amide bonds. The Morgan fingerprint density at radius 3 is 3.00 bits per heavy atom. The second-order valence-electron chi connectivity index (χ2n) is 4.60. The van der Waals surface area contributed by atoms with E-state index in [2.05, 4.69) is 11.4 Å².